The highest BCUT2D eigenvalue weighted by Crippen LogP contribution is 2.24. The van der Waals surface area contributed by atoms with Crippen molar-refractivity contribution in [2.45, 2.75) is 6.92 Å². The van der Waals surface area contributed by atoms with E-state index >= 15 is 0 Å². The van der Waals surface area contributed by atoms with Gasteiger partial charge in [0, 0.05) is 12.1 Å². The second-order valence-corrected chi connectivity index (χ2v) is 4.55. The van der Waals surface area contributed by atoms with E-state index < -0.39 is 0 Å². The normalized spacial score (nSPS) is 10.2. The fourth-order valence-electron chi connectivity index (χ4n) is 1.85. The number of aryl methyl sites for hydroxylation is 1. The lowest BCUT2D eigenvalue weighted by Crippen LogP contribution is -2.15. The van der Waals surface area contributed by atoms with Crippen LogP contribution in [0.5, 0.6) is 5.75 Å². The van der Waals surface area contributed by atoms with E-state index in [-0.39, 0.29) is 11.7 Å². The molecular weight excluding hydrogens is 271 g/mol. The van der Waals surface area contributed by atoms with Gasteiger partial charge in [-0.1, -0.05) is 12.1 Å². The molecule has 0 atom stereocenters. The van der Waals surface area contributed by atoms with Gasteiger partial charge in [-0.15, -0.1) is 0 Å². The smallest absolute Gasteiger partial charge is 0.255 e. The minimum Gasteiger partial charge on any atom is -0.490 e. The Morgan fingerprint density at radius 2 is 2.05 bits per heavy atom. The molecule has 21 heavy (non-hydrogen) atoms. The van der Waals surface area contributed by atoms with Crippen LogP contribution >= 0.6 is 0 Å². The molecular formula is C16H17FN2O2. The van der Waals surface area contributed by atoms with Crippen LogP contribution in [0, 0.1) is 12.7 Å². The van der Waals surface area contributed by atoms with Crippen molar-refractivity contribution in [1.82, 2.24) is 0 Å². The average Bonchev–Trinajstić information content (AvgIpc) is 2.49. The summed E-state index contributed by atoms with van der Waals surface area (Å²) in [4.78, 5) is 12.2. The highest BCUT2D eigenvalue weighted by atomic mass is 19.1. The van der Waals surface area contributed by atoms with Crippen LogP contribution in [0.3, 0.4) is 0 Å². The predicted octanol–water partition coefficient (Wildman–Crippen LogP) is 2.72. The summed E-state index contributed by atoms with van der Waals surface area (Å²) in [6, 6.07) is 11.3. The Bertz CT molecular complexity index is 644. The summed E-state index contributed by atoms with van der Waals surface area (Å²) in [5.41, 5.74) is 6.77. The second-order valence-electron chi connectivity index (χ2n) is 4.55. The third-order valence-electron chi connectivity index (χ3n) is 2.93. The summed E-state index contributed by atoms with van der Waals surface area (Å²) in [6.45, 7) is 2.37. The van der Waals surface area contributed by atoms with E-state index in [4.69, 9.17) is 10.5 Å². The van der Waals surface area contributed by atoms with Gasteiger partial charge in [0.2, 0.25) is 0 Å². The van der Waals surface area contributed by atoms with Crippen LogP contribution in [0.2, 0.25) is 0 Å². The third-order valence-corrected chi connectivity index (χ3v) is 2.93. The SMILES string of the molecule is Cc1cc(C(=O)Nc2ccccc2OCCN)ccc1F. The number of ether oxygens (including phenoxy) is 1. The highest BCUT2D eigenvalue weighted by molar-refractivity contribution is 6.05. The van der Waals surface area contributed by atoms with Crippen molar-refractivity contribution in [2.24, 2.45) is 5.73 Å². The maximum Gasteiger partial charge on any atom is 0.255 e. The van der Waals surface area contributed by atoms with Gasteiger partial charge in [0.15, 0.2) is 0 Å². The van der Waals surface area contributed by atoms with Crippen LogP contribution in [-0.4, -0.2) is 19.1 Å². The van der Waals surface area contributed by atoms with E-state index in [1.807, 2.05) is 6.07 Å². The molecule has 5 heteroatoms. The molecule has 0 aliphatic carbocycles. The molecule has 0 unspecified atom stereocenters. The monoisotopic (exact) mass is 288 g/mol. The maximum absolute atomic E-state index is 13.2. The van der Waals surface area contributed by atoms with Gasteiger partial charge in [0.1, 0.15) is 18.2 Å². The number of carbonyl (C=O) groups is 1. The molecule has 0 spiro atoms. The van der Waals surface area contributed by atoms with Crippen molar-refractivity contribution in [3.63, 3.8) is 0 Å². The molecule has 0 saturated heterocycles. The molecule has 2 aromatic carbocycles. The van der Waals surface area contributed by atoms with Gasteiger partial charge < -0.3 is 15.8 Å². The van der Waals surface area contributed by atoms with Gasteiger partial charge in [-0.05, 0) is 42.8 Å². The predicted molar refractivity (Wildman–Crippen MR) is 80.1 cm³/mol. The summed E-state index contributed by atoms with van der Waals surface area (Å²) in [6.07, 6.45) is 0. The molecule has 0 heterocycles. The van der Waals surface area contributed by atoms with E-state index in [0.717, 1.165) is 0 Å². The van der Waals surface area contributed by atoms with Gasteiger partial charge >= 0.3 is 0 Å². The molecule has 0 radical (unpaired) electrons. The Morgan fingerprint density at radius 3 is 2.76 bits per heavy atom. The van der Waals surface area contributed by atoms with Crippen LogP contribution in [0.1, 0.15) is 15.9 Å². The molecule has 4 nitrogen and oxygen atoms in total. The number of rotatable bonds is 5. The Labute approximate surface area is 122 Å². The first-order chi connectivity index (χ1) is 10.1. The Kier molecular flexibility index (Phi) is 4.90. The van der Waals surface area contributed by atoms with Crippen LogP contribution < -0.4 is 15.8 Å². The third kappa shape index (κ3) is 3.79. The average molecular weight is 288 g/mol. The lowest BCUT2D eigenvalue weighted by molar-refractivity contribution is 0.102. The Morgan fingerprint density at radius 1 is 1.29 bits per heavy atom. The van der Waals surface area contributed by atoms with Crippen LogP contribution in [0.15, 0.2) is 42.5 Å². The summed E-state index contributed by atoms with van der Waals surface area (Å²) < 4.78 is 18.7. The number of benzene rings is 2. The topological polar surface area (TPSA) is 64.3 Å². The first-order valence-corrected chi connectivity index (χ1v) is 6.61. The van der Waals surface area contributed by atoms with Crippen LogP contribution in [-0.2, 0) is 0 Å². The molecule has 2 aromatic rings. The van der Waals surface area contributed by atoms with E-state index in [0.29, 0.717) is 35.7 Å². The Balaban J connectivity index is 2.17. The molecule has 0 aliphatic rings. The van der Waals surface area contributed by atoms with E-state index in [2.05, 4.69) is 5.32 Å². The van der Waals surface area contributed by atoms with Crippen molar-refractivity contribution in [3.05, 3.63) is 59.4 Å². The largest absolute Gasteiger partial charge is 0.490 e. The quantitative estimate of drug-likeness (QED) is 0.889. The minimum absolute atomic E-state index is 0.318. The number of anilines is 1. The zero-order valence-corrected chi connectivity index (χ0v) is 11.7. The molecule has 0 aromatic heterocycles. The standard InChI is InChI=1S/C16H17FN2O2/c1-11-10-12(6-7-13(11)17)16(20)19-14-4-2-3-5-15(14)21-9-8-18/h2-7,10H,8-9,18H2,1H3,(H,19,20). The molecule has 0 fully saturated rings. The van der Waals surface area contributed by atoms with E-state index in [1.165, 1.54) is 18.2 Å². The summed E-state index contributed by atoms with van der Waals surface area (Å²) in [7, 11) is 0. The molecule has 2 rings (SSSR count). The first-order valence-electron chi connectivity index (χ1n) is 6.61. The molecule has 1 amide bonds. The summed E-state index contributed by atoms with van der Waals surface area (Å²) in [5.74, 6) is -0.102. The van der Waals surface area contributed by atoms with Gasteiger partial charge in [-0.3, -0.25) is 4.79 Å². The van der Waals surface area contributed by atoms with Gasteiger partial charge in [-0.25, -0.2) is 4.39 Å². The number of carbonyl (C=O) groups excluding carboxylic acids is 1. The highest BCUT2D eigenvalue weighted by Gasteiger charge is 2.11. The number of para-hydroxylation sites is 2. The first kappa shape index (κ1) is 15.0. The van der Waals surface area contributed by atoms with Crippen molar-refractivity contribution >= 4 is 11.6 Å². The van der Waals surface area contributed by atoms with Crippen molar-refractivity contribution < 1.29 is 13.9 Å². The zero-order chi connectivity index (χ0) is 15.2. The van der Waals surface area contributed by atoms with E-state index in [9.17, 15) is 9.18 Å². The summed E-state index contributed by atoms with van der Waals surface area (Å²) >= 11 is 0. The van der Waals surface area contributed by atoms with Gasteiger partial charge in [0.25, 0.3) is 5.91 Å². The van der Waals surface area contributed by atoms with Crippen molar-refractivity contribution in [2.75, 3.05) is 18.5 Å². The van der Waals surface area contributed by atoms with Crippen LogP contribution in [0.4, 0.5) is 10.1 Å². The minimum atomic E-state index is -0.335. The number of hydrogen-bond acceptors (Lipinski definition) is 3. The number of halogens is 1. The van der Waals surface area contributed by atoms with Gasteiger partial charge in [-0.2, -0.15) is 0 Å². The number of nitrogens with one attached hydrogen (secondary N) is 1. The molecule has 0 aliphatic heterocycles. The maximum atomic E-state index is 13.2. The number of amides is 1. The number of nitrogens with two attached hydrogens (primary N) is 1. The lowest BCUT2D eigenvalue weighted by atomic mass is 10.1. The van der Waals surface area contributed by atoms with Gasteiger partial charge in [0.05, 0.1) is 5.69 Å². The zero-order valence-electron chi connectivity index (χ0n) is 11.7. The van der Waals surface area contributed by atoms with Crippen molar-refractivity contribution in [1.29, 1.82) is 0 Å². The summed E-state index contributed by atoms with van der Waals surface area (Å²) in [5, 5.41) is 2.76. The molecule has 0 bridgehead atoms. The second kappa shape index (κ2) is 6.85. The molecule has 3 N–H and O–H groups in total. The lowest BCUT2D eigenvalue weighted by Gasteiger charge is -2.12. The van der Waals surface area contributed by atoms with Crippen LogP contribution in [0.25, 0.3) is 0 Å². The van der Waals surface area contributed by atoms with Crippen molar-refractivity contribution in [3.8, 4) is 5.75 Å². The fraction of sp³-hybridized carbons (Fsp3) is 0.188. The Hall–Kier alpha value is -2.40. The van der Waals surface area contributed by atoms with E-state index in [1.54, 1.807) is 25.1 Å². The number of hydrogen-bond donors (Lipinski definition) is 2. The fourth-order valence-corrected chi connectivity index (χ4v) is 1.85. The molecule has 0 saturated carbocycles. The molecule has 110 valence electrons.